The minimum atomic E-state index is -0.208. The van der Waals surface area contributed by atoms with Crippen molar-refractivity contribution in [2.24, 2.45) is 0 Å². The van der Waals surface area contributed by atoms with Crippen molar-refractivity contribution >= 4 is 29.1 Å². The van der Waals surface area contributed by atoms with E-state index in [1.165, 1.54) is 0 Å². The van der Waals surface area contributed by atoms with Crippen molar-refractivity contribution in [2.75, 3.05) is 13.1 Å². The number of rotatable bonds is 3. The smallest absolute Gasteiger partial charge is 0.257 e. The number of halogens is 2. The lowest BCUT2D eigenvalue weighted by Gasteiger charge is -2.32. The van der Waals surface area contributed by atoms with Crippen LogP contribution in [0.5, 0.6) is 11.5 Å². The van der Waals surface area contributed by atoms with Gasteiger partial charge >= 0.3 is 0 Å². The number of hydrogen-bond donors (Lipinski definition) is 1. The average molecular weight is 366 g/mol. The van der Waals surface area contributed by atoms with Crippen LogP contribution in [0.25, 0.3) is 0 Å². The van der Waals surface area contributed by atoms with Gasteiger partial charge in [0.2, 0.25) is 0 Å². The quantitative estimate of drug-likeness (QED) is 0.877. The van der Waals surface area contributed by atoms with Crippen LogP contribution in [0.2, 0.25) is 10.0 Å². The van der Waals surface area contributed by atoms with Crippen LogP contribution in [-0.4, -0.2) is 35.1 Å². The molecule has 0 aromatic heterocycles. The summed E-state index contributed by atoms with van der Waals surface area (Å²) >= 11 is 11.7. The summed E-state index contributed by atoms with van der Waals surface area (Å²) in [7, 11) is 0. The molecule has 2 aromatic rings. The lowest BCUT2D eigenvalue weighted by Crippen LogP contribution is -2.41. The predicted molar refractivity (Wildman–Crippen MR) is 94.1 cm³/mol. The minimum absolute atomic E-state index is 0.0585. The fourth-order valence-electron chi connectivity index (χ4n) is 2.74. The second kappa shape index (κ2) is 7.32. The molecular weight excluding hydrogens is 349 g/mol. The van der Waals surface area contributed by atoms with E-state index in [1.807, 2.05) is 12.1 Å². The zero-order chi connectivity index (χ0) is 17.1. The molecule has 4 nitrogen and oxygen atoms in total. The molecule has 0 aliphatic carbocycles. The number of likely N-dealkylation sites (tertiary alicyclic amines) is 1. The van der Waals surface area contributed by atoms with E-state index in [-0.39, 0.29) is 28.3 Å². The van der Waals surface area contributed by atoms with Crippen LogP contribution in [0.1, 0.15) is 23.2 Å². The number of carbonyl (C=O) groups is 1. The highest BCUT2D eigenvalue weighted by Crippen LogP contribution is 2.29. The normalized spacial score (nSPS) is 15.3. The molecule has 1 amide bonds. The number of aromatic hydroxyl groups is 1. The molecule has 0 saturated carbocycles. The second-order valence-electron chi connectivity index (χ2n) is 5.70. The zero-order valence-electron chi connectivity index (χ0n) is 12.9. The molecule has 1 N–H and O–H groups in total. The number of phenols is 1. The van der Waals surface area contributed by atoms with Crippen LogP contribution in [0.4, 0.5) is 0 Å². The van der Waals surface area contributed by atoms with Gasteiger partial charge in [0.1, 0.15) is 17.6 Å². The molecule has 1 aliphatic rings. The van der Waals surface area contributed by atoms with Crippen molar-refractivity contribution in [3.05, 3.63) is 58.1 Å². The molecule has 1 fully saturated rings. The molecule has 0 radical (unpaired) electrons. The Labute approximate surface area is 150 Å². The van der Waals surface area contributed by atoms with Crippen molar-refractivity contribution in [3.63, 3.8) is 0 Å². The molecule has 1 heterocycles. The Morgan fingerprint density at radius 1 is 1.08 bits per heavy atom. The van der Waals surface area contributed by atoms with Crippen LogP contribution >= 0.6 is 23.2 Å². The van der Waals surface area contributed by atoms with Gasteiger partial charge in [-0.25, -0.2) is 0 Å². The molecule has 6 heteroatoms. The van der Waals surface area contributed by atoms with E-state index >= 15 is 0 Å². The highest BCUT2D eigenvalue weighted by Gasteiger charge is 2.26. The van der Waals surface area contributed by atoms with Crippen molar-refractivity contribution in [1.29, 1.82) is 0 Å². The van der Waals surface area contributed by atoms with E-state index in [9.17, 15) is 9.90 Å². The Morgan fingerprint density at radius 2 is 1.75 bits per heavy atom. The number of benzene rings is 2. The van der Waals surface area contributed by atoms with E-state index in [1.54, 1.807) is 35.2 Å². The summed E-state index contributed by atoms with van der Waals surface area (Å²) in [6.07, 6.45) is 1.52. The first-order chi connectivity index (χ1) is 11.5. The van der Waals surface area contributed by atoms with Crippen LogP contribution in [0.3, 0.4) is 0 Å². The van der Waals surface area contributed by atoms with Crippen LogP contribution < -0.4 is 4.74 Å². The summed E-state index contributed by atoms with van der Waals surface area (Å²) in [4.78, 5) is 14.2. The van der Waals surface area contributed by atoms with Gasteiger partial charge in [0.15, 0.2) is 0 Å². The van der Waals surface area contributed by atoms with Crippen molar-refractivity contribution in [1.82, 2.24) is 4.90 Å². The highest BCUT2D eigenvalue weighted by molar-refractivity contribution is 6.32. The largest absolute Gasteiger partial charge is 0.506 e. The van der Waals surface area contributed by atoms with Crippen LogP contribution in [0.15, 0.2) is 42.5 Å². The van der Waals surface area contributed by atoms with Gasteiger partial charge in [-0.3, -0.25) is 4.79 Å². The predicted octanol–water partition coefficient (Wildman–Crippen LogP) is 4.38. The molecule has 126 valence electrons. The first kappa shape index (κ1) is 16.9. The van der Waals surface area contributed by atoms with E-state index in [0.717, 1.165) is 18.6 Å². The molecule has 0 spiro atoms. The molecule has 1 aliphatic heterocycles. The van der Waals surface area contributed by atoms with Gasteiger partial charge in [0.05, 0.1) is 10.6 Å². The standard InChI is InChI=1S/C18H17Cl2NO3/c19-12-4-6-13(7-5-12)24-14-8-10-21(11-9-14)18(23)15-2-1-3-16(20)17(15)22/h1-7,14,22H,8-11H2. The van der Waals surface area contributed by atoms with E-state index in [0.29, 0.717) is 18.1 Å². The monoisotopic (exact) mass is 365 g/mol. The second-order valence-corrected chi connectivity index (χ2v) is 6.54. The number of phenolic OH excluding ortho intramolecular Hbond substituents is 1. The van der Waals surface area contributed by atoms with Gasteiger partial charge in [-0.05, 0) is 36.4 Å². The third-order valence-corrected chi connectivity index (χ3v) is 4.62. The van der Waals surface area contributed by atoms with Gasteiger partial charge in [0, 0.05) is 31.0 Å². The lowest BCUT2D eigenvalue weighted by molar-refractivity contribution is 0.0593. The maximum Gasteiger partial charge on any atom is 0.257 e. The number of piperidine rings is 1. The first-order valence-electron chi connectivity index (χ1n) is 7.73. The number of ether oxygens (including phenoxy) is 1. The fourth-order valence-corrected chi connectivity index (χ4v) is 3.04. The molecule has 3 rings (SSSR count). The van der Waals surface area contributed by atoms with Crippen molar-refractivity contribution in [3.8, 4) is 11.5 Å². The number of nitrogens with zero attached hydrogens (tertiary/aromatic N) is 1. The number of amides is 1. The molecule has 2 aromatic carbocycles. The first-order valence-corrected chi connectivity index (χ1v) is 8.49. The van der Waals surface area contributed by atoms with Crippen molar-refractivity contribution in [2.45, 2.75) is 18.9 Å². The summed E-state index contributed by atoms with van der Waals surface area (Å²) in [6.45, 7) is 1.14. The molecular formula is C18H17Cl2NO3. The molecule has 0 bridgehead atoms. The summed E-state index contributed by atoms with van der Waals surface area (Å²) in [5.74, 6) is 0.403. The van der Waals surface area contributed by atoms with Gasteiger partial charge in [-0.2, -0.15) is 0 Å². The average Bonchev–Trinajstić information content (AvgIpc) is 2.59. The number of hydrogen-bond acceptors (Lipinski definition) is 3. The highest BCUT2D eigenvalue weighted by atomic mass is 35.5. The zero-order valence-corrected chi connectivity index (χ0v) is 14.4. The summed E-state index contributed by atoms with van der Waals surface area (Å²) in [5, 5.41) is 10.8. The fraction of sp³-hybridized carbons (Fsp3) is 0.278. The Kier molecular flexibility index (Phi) is 5.17. The Bertz CT molecular complexity index is 726. The van der Waals surface area contributed by atoms with Gasteiger partial charge in [-0.15, -0.1) is 0 Å². The topological polar surface area (TPSA) is 49.8 Å². The van der Waals surface area contributed by atoms with Crippen LogP contribution in [0, 0.1) is 0 Å². The SMILES string of the molecule is O=C(c1cccc(Cl)c1O)N1CCC(Oc2ccc(Cl)cc2)CC1. The molecule has 1 saturated heterocycles. The van der Waals surface area contributed by atoms with Crippen LogP contribution in [-0.2, 0) is 0 Å². The number of para-hydroxylation sites is 1. The van der Waals surface area contributed by atoms with E-state index < -0.39 is 0 Å². The van der Waals surface area contributed by atoms with E-state index in [2.05, 4.69) is 0 Å². The minimum Gasteiger partial charge on any atom is -0.506 e. The number of carbonyl (C=O) groups excluding carboxylic acids is 1. The summed E-state index contributed by atoms with van der Waals surface area (Å²) in [6, 6.07) is 12.0. The van der Waals surface area contributed by atoms with Gasteiger partial charge in [-0.1, -0.05) is 29.3 Å². The lowest BCUT2D eigenvalue weighted by atomic mass is 10.1. The van der Waals surface area contributed by atoms with Gasteiger partial charge < -0.3 is 14.7 Å². The van der Waals surface area contributed by atoms with E-state index in [4.69, 9.17) is 27.9 Å². The molecule has 24 heavy (non-hydrogen) atoms. The third kappa shape index (κ3) is 3.77. The Morgan fingerprint density at radius 3 is 2.42 bits per heavy atom. The third-order valence-electron chi connectivity index (χ3n) is 4.06. The van der Waals surface area contributed by atoms with Gasteiger partial charge in [0.25, 0.3) is 5.91 Å². The summed E-state index contributed by atoms with van der Waals surface area (Å²) < 4.78 is 5.92. The summed E-state index contributed by atoms with van der Waals surface area (Å²) in [5.41, 5.74) is 0.236. The maximum absolute atomic E-state index is 12.5. The van der Waals surface area contributed by atoms with Crippen molar-refractivity contribution < 1.29 is 14.6 Å². The Balaban J connectivity index is 1.59. The Hall–Kier alpha value is -1.91. The maximum atomic E-state index is 12.5. The molecule has 0 unspecified atom stereocenters. The molecule has 0 atom stereocenters.